The Morgan fingerprint density at radius 3 is 2.13 bits per heavy atom. The number of hydrogen-bond acceptors (Lipinski definition) is 4. The average Bonchev–Trinajstić information content (AvgIpc) is 3.76. The first-order valence-electron chi connectivity index (χ1n) is 17.9. The summed E-state index contributed by atoms with van der Waals surface area (Å²) in [7, 11) is 0. The molecule has 0 saturated carbocycles. The molecule has 0 amide bonds. The average molecular weight is 881 g/mol. The molecule has 0 N–H and O–H groups in total. The number of benzene rings is 6. The number of rotatable bonds is 4. The second-order valence-corrected chi connectivity index (χ2v) is 15.1. The summed E-state index contributed by atoms with van der Waals surface area (Å²) in [5.74, 6) is 0.950. The Kier molecular flexibility index (Phi) is 9.42. The van der Waals surface area contributed by atoms with E-state index in [9.17, 15) is 0 Å². The molecule has 0 aliphatic heterocycles. The second-order valence-electron chi connectivity index (χ2n) is 14.0. The Bertz CT molecular complexity index is 2920. The van der Waals surface area contributed by atoms with E-state index in [0.717, 1.165) is 44.5 Å². The Labute approximate surface area is 326 Å². The summed E-state index contributed by atoms with van der Waals surface area (Å²) in [5, 5.41) is 9.98. The molecule has 3 nitrogen and oxygen atoms in total. The van der Waals surface area contributed by atoms with Gasteiger partial charge in [0.2, 0.25) is 0 Å². The zero-order valence-electron chi connectivity index (χ0n) is 29.9. The van der Waals surface area contributed by atoms with Crippen molar-refractivity contribution in [1.82, 2.24) is 9.97 Å². The van der Waals surface area contributed by atoms with Crippen LogP contribution in [0.3, 0.4) is 0 Å². The van der Waals surface area contributed by atoms with E-state index in [2.05, 4.69) is 136 Å². The molecule has 4 heterocycles. The molecule has 1 radical (unpaired) electrons. The molecule has 6 aromatic carbocycles. The van der Waals surface area contributed by atoms with E-state index in [1.165, 1.54) is 52.8 Å². The zero-order chi connectivity index (χ0) is 35.3. The summed E-state index contributed by atoms with van der Waals surface area (Å²) in [4.78, 5) is 9.30. The number of pyridine rings is 2. The number of furan rings is 1. The van der Waals surface area contributed by atoms with Gasteiger partial charge in [-0.25, -0.2) is 0 Å². The van der Waals surface area contributed by atoms with Gasteiger partial charge in [-0.05, 0) is 84.7 Å². The quantitative estimate of drug-likeness (QED) is 0.131. The van der Waals surface area contributed by atoms with Gasteiger partial charge in [-0.3, -0.25) is 0 Å². The van der Waals surface area contributed by atoms with Crippen LogP contribution in [-0.2, 0) is 20.1 Å². The normalized spacial score (nSPS) is 11.6. The molecule has 0 spiro atoms. The standard InChI is InChI=1S/C28H20NS.C20H16NO.Ir/c1-17(2)21-11-13-25(29-16-21)22-8-5-9-26-27(22)23-12-10-20-14-18-6-3-4-7-19(18)15-24(20)28(23)30-26;1-13(2)14-10-11-21-18(12-14)17-8-5-7-16-15-6-3-4-9-19(15)22-20(16)17;/h3-7,9-17H,1-2H3;3-7,9-13H,1-2H3;/q2*-1;. The minimum atomic E-state index is 0. The molecule has 0 atom stereocenters. The van der Waals surface area contributed by atoms with E-state index in [1.807, 2.05) is 54.1 Å². The number of hydrogen-bond donors (Lipinski definition) is 0. The minimum Gasteiger partial charge on any atom is -0.501 e. The van der Waals surface area contributed by atoms with E-state index in [4.69, 9.17) is 9.40 Å². The molecule has 261 valence electrons. The van der Waals surface area contributed by atoms with Crippen molar-refractivity contribution in [3.8, 4) is 22.5 Å². The van der Waals surface area contributed by atoms with E-state index in [-0.39, 0.29) is 20.1 Å². The molecule has 10 rings (SSSR count). The van der Waals surface area contributed by atoms with Crippen molar-refractivity contribution >= 4 is 75.0 Å². The number of fused-ring (bicyclic) bond motifs is 9. The van der Waals surface area contributed by atoms with Crippen LogP contribution in [0.4, 0.5) is 0 Å². The van der Waals surface area contributed by atoms with Gasteiger partial charge >= 0.3 is 0 Å². The second kappa shape index (κ2) is 14.3. The fraction of sp³-hybridized carbons (Fsp3) is 0.125. The molecule has 0 fully saturated rings. The fourth-order valence-corrected chi connectivity index (χ4v) is 8.39. The minimum absolute atomic E-state index is 0. The molecule has 0 bridgehead atoms. The van der Waals surface area contributed by atoms with Crippen LogP contribution in [0.2, 0.25) is 0 Å². The smallest absolute Gasteiger partial charge is 0.120 e. The molecule has 0 aliphatic rings. The van der Waals surface area contributed by atoms with Gasteiger partial charge in [-0.15, -0.1) is 42.0 Å². The third-order valence-corrected chi connectivity index (χ3v) is 11.2. The van der Waals surface area contributed by atoms with Crippen molar-refractivity contribution in [1.29, 1.82) is 0 Å². The van der Waals surface area contributed by atoms with Crippen LogP contribution < -0.4 is 0 Å². The van der Waals surface area contributed by atoms with Gasteiger partial charge in [0.25, 0.3) is 0 Å². The van der Waals surface area contributed by atoms with Gasteiger partial charge in [0.15, 0.2) is 0 Å². The predicted molar refractivity (Wildman–Crippen MR) is 220 cm³/mol. The van der Waals surface area contributed by atoms with Crippen molar-refractivity contribution in [2.75, 3.05) is 0 Å². The molecular formula is C48H36IrN2OS-2. The van der Waals surface area contributed by atoms with Gasteiger partial charge in [-0.1, -0.05) is 122 Å². The SMILES string of the molecule is CC(C)c1ccc(-c2[c-]ccc3sc4c5cc6ccccc6cc5ccc4c23)nc1.CC(C)c1ccnc(-c2[c-]ccc3c2oc2ccccc23)c1.[Ir]. The van der Waals surface area contributed by atoms with Crippen molar-refractivity contribution in [3.05, 3.63) is 157 Å². The van der Waals surface area contributed by atoms with Crippen molar-refractivity contribution in [2.24, 2.45) is 0 Å². The van der Waals surface area contributed by atoms with Gasteiger partial charge in [-0.2, -0.15) is 11.3 Å². The number of para-hydroxylation sites is 1. The summed E-state index contributed by atoms with van der Waals surface area (Å²) in [6.45, 7) is 8.77. The first-order valence-corrected chi connectivity index (χ1v) is 18.7. The fourth-order valence-electron chi connectivity index (χ4n) is 7.16. The van der Waals surface area contributed by atoms with Crippen LogP contribution in [-0.4, -0.2) is 9.97 Å². The largest absolute Gasteiger partial charge is 0.501 e. The van der Waals surface area contributed by atoms with Gasteiger partial charge in [0, 0.05) is 42.6 Å². The van der Waals surface area contributed by atoms with Crippen molar-refractivity contribution < 1.29 is 24.5 Å². The number of thiophene rings is 1. The van der Waals surface area contributed by atoms with Crippen LogP contribution in [0, 0.1) is 12.1 Å². The van der Waals surface area contributed by atoms with E-state index in [0.29, 0.717) is 11.8 Å². The molecule has 53 heavy (non-hydrogen) atoms. The molecule has 0 saturated heterocycles. The third kappa shape index (κ3) is 6.33. The summed E-state index contributed by atoms with van der Waals surface area (Å²) in [6, 6.07) is 49.4. The van der Waals surface area contributed by atoms with Gasteiger partial charge in [0.1, 0.15) is 5.58 Å². The van der Waals surface area contributed by atoms with Crippen LogP contribution in [0.15, 0.2) is 138 Å². The Morgan fingerprint density at radius 2 is 1.34 bits per heavy atom. The molecule has 0 unspecified atom stereocenters. The van der Waals surface area contributed by atoms with E-state index >= 15 is 0 Å². The van der Waals surface area contributed by atoms with Gasteiger partial charge < -0.3 is 14.4 Å². The number of aromatic nitrogens is 2. The van der Waals surface area contributed by atoms with Crippen LogP contribution >= 0.6 is 11.3 Å². The number of nitrogens with zero attached hydrogens (tertiary/aromatic N) is 2. The Morgan fingerprint density at radius 1 is 0.585 bits per heavy atom. The van der Waals surface area contributed by atoms with Crippen molar-refractivity contribution in [2.45, 2.75) is 39.5 Å². The maximum absolute atomic E-state index is 6.07. The monoisotopic (exact) mass is 881 g/mol. The maximum atomic E-state index is 6.07. The molecule has 5 heteroatoms. The van der Waals surface area contributed by atoms with Crippen molar-refractivity contribution in [3.63, 3.8) is 0 Å². The topological polar surface area (TPSA) is 38.9 Å². The first kappa shape index (κ1) is 34.9. The summed E-state index contributed by atoms with van der Waals surface area (Å²) >= 11 is 1.87. The third-order valence-electron chi connectivity index (χ3n) is 10.0. The summed E-state index contributed by atoms with van der Waals surface area (Å²) in [5.41, 5.74) is 8.21. The van der Waals surface area contributed by atoms with Gasteiger partial charge in [0.05, 0.1) is 5.58 Å². The predicted octanol–water partition coefficient (Wildman–Crippen LogP) is 13.9. The Hall–Kier alpha value is -5.19. The molecule has 10 aromatic rings. The molecular weight excluding hydrogens is 845 g/mol. The maximum Gasteiger partial charge on any atom is 0.120 e. The van der Waals surface area contributed by atoms with Crippen LogP contribution in [0.25, 0.3) is 86.2 Å². The molecule has 0 aliphatic carbocycles. The summed E-state index contributed by atoms with van der Waals surface area (Å²) < 4.78 is 8.69. The van der Waals surface area contributed by atoms with Crippen LogP contribution in [0.1, 0.15) is 50.7 Å². The van der Waals surface area contributed by atoms with Crippen LogP contribution in [0.5, 0.6) is 0 Å². The van der Waals surface area contributed by atoms with E-state index in [1.54, 1.807) is 0 Å². The zero-order valence-corrected chi connectivity index (χ0v) is 33.1. The van der Waals surface area contributed by atoms with E-state index < -0.39 is 0 Å². The summed E-state index contributed by atoms with van der Waals surface area (Å²) in [6.07, 6.45) is 3.86. The molecule has 4 aromatic heterocycles. The Balaban J connectivity index is 0.000000155. The first-order chi connectivity index (χ1) is 25.4.